The maximum absolute atomic E-state index is 14.2. The fourth-order valence-electron chi connectivity index (χ4n) is 2.19. The van der Waals surface area contributed by atoms with E-state index in [1.165, 1.54) is 30.5 Å². The van der Waals surface area contributed by atoms with E-state index < -0.39 is 17.8 Å². The average molecular weight is 328 g/mol. The van der Waals surface area contributed by atoms with Crippen LogP contribution < -0.4 is 10.9 Å². The van der Waals surface area contributed by atoms with Gasteiger partial charge in [0.1, 0.15) is 11.9 Å². The Morgan fingerprint density at radius 2 is 2.08 bits per heavy atom. The number of halogens is 1. The molecule has 0 radical (unpaired) electrons. The molecule has 0 aliphatic rings. The first-order chi connectivity index (χ1) is 11.5. The number of hydrogen-bond acceptors (Lipinski definition) is 5. The maximum atomic E-state index is 14.2. The molecule has 7 nitrogen and oxygen atoms in total. The molecule has 0 aliphatic heterocycles. The number of amides is 1. The molecule has 24 heavy (non-hydrogen) atoms. The lowest BCUT2D eigenvalue weighted by molar-refractivity contribution is 0.0940. The zero-order valence-electron chi connectivity index (χ0n) is 12.6. The molecule has 8 heteroatoms. The fourth-order valence-corrected chi connectivity index (χ4v) is 2.19. The van der Waals surface area contributed by atoms with Gasteiger partial charge >= 0.3 is 0 Å². The third-order valence-electron chi connectivity index (χ3n) is 3.34. The molecule has 122 valence electrons. The van der Waals surface area contributed by atoms with Gasteiger partial charge in [-0.2, -0.15) is 4.98 Å². The van der Waals surface area contributed by atoms with Crippen LogP contribution in [-0.2, 0) is 0 Å². The van der Waals surface area contributed by atoms with Crippen LogP contribution in [0.25, 0.3) is 0 Å². The van der Waals surface area contributed by atoms with Crippen molar-refractivity contribution in [2.45, 2.75) is 13.0 Å². The van der Waals surface area contributed by atoms with Crippen molar-refractivity contribution >= 4 is 5.91 Å². The van der Waals surface area contributed by atoms with Gasteiger partial charge < -0.3 is 14.8 Å². The molecular formula is C16H13FN4O3. The first-order valence-corrected chi connectivity index (χ1v) is 7.09. The van der Waals surface area contributed by atoms with Crippen LogP contribution in [0.4, 0.5) is 4.39 Å². The minimum absolute atomic E-state index is 0.135. The second kappa shape index (κ2) is 6.45. The Morgan fingerprint density at radius 1 is 1.29 bits per heavy atom. The van der Waals surface area contributed by atoms with E-state index in [0.29, 0.717) is 5.89 Å². The Kier molecular flexibility index (Phi) is 4.19. The third-order valence-corrected chi connectivity index (χ3v) is 3.34. The number of pyridine rings is 1. The van der Waals surface area contributed by atoms with Crippen LogP contribution in [0.5, 0.6) is 0 Å². The molecule has 2 N–H and O–H groups in total. The van der Waals surface area contributed by atoms with Crippen LogP contribution in [0.15, 0.2) is 51.9 Å². The molecule has 1 atom stereocenters. The second-order valence-corrected chi connectivity index (χ2v) is 5.04. The van der Waals surface area contributed by atoms with E-state index in [0.717, 1.165) is 0 Å². The normalized spacial score (nSPS) is 11.9. The number of nitrogens with one attached hydrogen (secondary N) is 2. The minimum atomic E-state index is -0.928. The summed E-state index contributed by atoms with van der Waals surface area (Å²) in [6.45, 7) is 1.60. The van der Waals surface area contributed by atoms with E-state index in [9.17, 15) is 14.0 Å². The molecule has 3 aromatic rings. The summed E-state index contributed by atoms with van der Waals surface area (Å²) >= 11 is 0. The van der Waals surface area contributed by atoms with Gasteiger partial charge in [-0.05, 0) is 12.1 Å². The third kappa shape index (κ3) is 3.22. The van der Waals surface area contributed by atoms with Crippen molar-refractivity contribution in [1.29, 1.82) is 0 Å². The molecule has 1 aromatic carbocycles. The van der Waals surface area contributed by atoms with Crippen molar-refractivity contribution in [3.63, 3.8) is 0 Å². The molecule has 1 unspecified atom stereocenters. The molecule has 3 rings (SSSR count). The summed E-state index contributed by atoms with van der Waals surface area (Å²) in [4.78, 5) is 30.0. The van der Waals surface area contributed by atoms with Crippen molar-refractivity contribution in [2.75, 3.05) is 0 Å². The van der Waals surface area contributed by atoms with E-state index in [2.05, 4.69) is 20.4 Å². The molecule has 0 bridgehead atoms. The van der Waals surface area contributed by atoms with E-state index in [1.807, 2.05) is 0 Å². The summed E-state index contributed by atoms with van der Waals surface area (Å²) in [5.41, 5.74) is 0.0956. The zero-order chi connectivity index (χ0) is 17.1. The quantitative estimate of drug-likeness (QED) is 0.759. The number of nitrogens with zero attached hydrogens (tertiary/aromatic N) is 2. The number of aromatic amines is 1. The molecule has 0 fully saturated rings. The smallest absolute Gasteiger partial charge is 0.253 e. The molecular weight excluding hydrogens is 315 g/mol. The number of carbonyl (C=O) groups is 1. The number of hydrogen-bond donors (Lipinski definition) is 2. The number of aromatic nitrogens is 3. The van der Waals surface area contributed by atoms with Gasteiger partial charge in [0.15, 0.2) is 5.82 Å². The van der Waals surface area contributed by atoms with E-state index in [1.54, 1.807) is 19.1 Å². The van der Waals surface area contributed by atoms with Crippen LogP contribution >= 0.6 is 0 Å². The molecule has 0 saturated carbocycles. The highest BCUT2D eigenvalue weighted by atomic mass is 19.1. The predicted octanol–water partition coefficient (Wildman–Crippen LogP) is 1.72. The first-order valence-electron chi connectivity index (χ1n) is 7.09. The van der Waals surface area contributed by atoms with Crippen molar-refractivity contribution in [2.24, 2.45) is 0 Å². The van der Waals surface area contributed by atoms with Gasteiger partial charge in [-0.25, -0.2) is 4.39 Å². The highest BCUT2D eigenvalue weighted by molar-refractivity contribution is 5.94. The molecule has 1 amide bonds. The number of rotatable bonds is 4. The van der Waals surface area contributed by atoms with Crippen molar-refractivity contribution in [3.05, 3.63) is 81.6 Å². The lowest BCUT2D eigenvalue weighted by Gasteiger charge is -2.16. The van der Waals surface area contributed by atoms with Gasteiger partial charge in [0.2, 0.25) is 11.4 Å². The summed E-state index contributed by atoms with van der Waals surface area (Å²) in [5, 5.41) is 6.42. The molecule has 0 spiro atoms. The van der Waals surface area contributed by atoms with Crippen LogP contribution in [-0.4, -0.2) is 21.0 Å². The molecule has 0 aliphatic carbocycles. The highest BCUT2D eigenvalue weighted by Crippen LogP contribution is 2.22. The molecule has 2 aromatic heterocycles. The monoisotopic (exact) mass is 328 g/mol. The Bertz CT molecular complexity index is 914. The maximum Gasteiger partial charge on any atom is 0.253 e. The predicted molar refractivity (Wildman–Crippen MR) is 81.8 cm³/mol. The van der Waals surface area contributed by atoms with Crippen LogP contribution in [0.1, 0.15) is 33.7 Å². The largest absolute Gasteiger partial charge is 0.340 e. The van der Waals surface area contributed by atoms with E-state index in [-0.39, 0.29) is 22.5 Å². The molecule has 2 heterocycles. The van der Waals surface area contributed by atoms with Gasteiger partial charge in [0, 0.05) is 24.8 Å². The summed E-state index contributed by atoms with van der Waals surface area (Å²) in [7, 11) is 0. The lowest BCUT2D eigenvalue weighted by Crippen LogP contribution is -2.31. The summed E-state index contributed by atoms with van der Waals surface area (Å²) in [6.07, 6.45) is 1.28. The SMILES string of the molecule is Cc1nc(C(NC(=O)c2ccc(=O)[nH]c2)c2ccccc2F)no1. The van der Waals surface area contributed by atoms with Gasteiger partial charge in [0.25, 0.3) is 5.91 Å². The van der Waals surface area contributed by atoms with Gasteiger partial charge in [-0.3, -0.25) is 9.59 Å². The van der Waals surface area contributed by atoms with E-state index in [4.69, 9.17) is 4.52 Å². The number of aryl methyl sites for hydroxylation is 1. The summed E-state index contributed by atoms with van der Waals surface area (Å²) in [6, 6.07) is 7.66. The van der Waals surface area contributed by atoms with Crippen LogP contribution in [0, 0.1) is 12.7 Å². The Balaban J connectivity index is 1.96. The fraction of sp³-hybridized carbons (Fsp3) is 0.125. The highest BCUT2D eigenvalue weighted by Gasteiger charge is 2.25. The molecule has 0 saturated heterocycles. The Hall–Kier alpha value is -3.29. The second-order valence-electron chi connectivity index (χ2n) is 5.04. The topological polar surface area (TPSA) is 101 Å². The number of carbonyl (C=O) groups excluding carboxylic acids is 1. The summed E-state index contributed by atoms with van der Waals surface area (Å²) < 4.78 is 19.1. The standard InChI is InChI=1S/C16H13FN4O3/c1-9-19-15(21-24-9)14(11-4-2-3-5-12(11)17)20-16(23)10-6-7-13(22)18-8-10/h2-8,14H,1H3,(H,18,22)(H,20,23). The average Bonchev–Trinajstić information content (AvgIpc) is 3.00. The van der Waals surface area contributed by atoms with Crippen LogP contribution in [0.3, 0.4) is 0 Å². The minimum Gasteiger partial charge on any atom is -0.340 e. The van der Waals surface area contributed by atoms with E-state index >= 15 is 0 Å². The number of H-pyrrole nitrogens is 1. The van der Waals surface area contributed by atoms with Crippen molar-refractivity contribution in [3.8, 4) is 0 Å². The summed E-state index contributed by atoms with van der Waals surface area (Å²) in [5.74, 6) is -0.589. The Labute approximate surface area is 135 Å². The lowest BCUT2D eigenvalue weighted by atomic mass is 10.0. The van der Waals surface area contributed by atoms with Gasteiger partial charge in [-0.1, -0.05) is 23.4 Å². The van der Waals surface area contributed by atoms with Gasteiger partial charge in [0.05, 0.1) is 5.56 Å². The van der Waals surface area contributed by atoms with Crippen LogP contribution in [0.2, 0.25) is 0 Å². The first kappa shape index (κ1) is 15.6. The zero-order valence-corrected chi connectivity index (χ0v) is 12.6. The van der Waals surface area contributed by atoms with Crippen molar-refractivity contribution < 1.29 is 13.7 Å². The number of benzene rings is 1. The Morgan fingerprint density at radius 3 is 2.71 bits per heavy atom. The van der Waals surface area contributed by atoms with Crippen molar-refractivity contribution in [1.82, 2.24) is 20.4 Å². The van der Waals surface area contributed by atoms with Gasteiger partial charge in [-0.15, -0.1) is 0 Å².